The summed E-state index contributed by atoms with van der Waals surface area (Å²) in [4.78, 5) is 13.4. The molecule has 1 aliphatic heterocycles. The van der Waals surface area contributed by atoms with Crippen molar-refractivity contribution in [1.29, 1.82) is 0 Å². The Bertz CT molecular complexity index is 671. The predicted octanol–water partition coefficient (Wildman–Crippen LogP) is 4.04. The van der Waals surface area contributed by atoms with E-state index in [9.17, 15) is 4.79 Å². The molecule has 0 unspecified atom stereocenters. The predicted molar refractivity (Wildman–Crippen MR) is 91.3 cm³/mol. The van der Waals surface area contributed by atoms with E-state index in [1.807, 2.05) is 0 Å². The molecule has 3 nitrogen and oxygen atoms in total. The molecular weight excluding hydrogens is 300 g/mol. The molecule has 1 saturated heterocycles. The molecule has 3 heteroatoms. The zero-order valence-electron chi connectivity index (χ0n) is 15.1. The Morgan fingerprint density at radius 1 is 1.29 bits per heavy atom. The smallest absolute Gasteiger partial charge is 0.137 e. The first-order valence-electron chi connectivity index (χ1n) is 9.55. The molecule has 5 aliphatic rings. The molecule has 4 aliphatic carbocycles. The van der Waals surface area contributed by atoms with Gasteiger partial charge < -0.3 is 9.47 Å². The van der Waals surface area contributed by atoms with Crippen LogP contribution in [0, 0.1) is 28.6 Å². The van der Waals surface area contributed by atoms with Gasteiger partial charge in [-0.15, -0.1) is 0 Å². The Hall–Kier alpha value is -1.09. The third kappa shape index (κ3) is 1.65. The average Bonchev–Trinajstić information content (AvgIpc) is 3.28. The highest BCUT2D eigenvalue weighted by Crippen LogP contribution is 2.69. The number of carbonyl (C=O) groups excluding carboxylic acids is 1. The lowest BCUT2D eigenvalue weighted by molar-refractivity contribution is -0.144. The molecule has 0 bridgehead atoms. The SMILES string of the molecule is COC1=CC2=CC[C@H]3[C@H]4CC[C@@]5(CO5)[C@@]4(C)CC(=O)[C@H]3[C@]2(C)CC1. The monoisotopic (exact) mass is 328 g/mol. The highest BCUT2D eigenvalue weighted by Gasteiger charge is 2.71. The molecule has 0 aromatic carbocycles. The van der Waals surface area contributed by atoms with Crippen LogP contribution in [0.2, 0.25) is 0 Å². The molecule has 0 amide bonds. The van der Waals surface area contributed by atoms with Crippen molar-refractivity contribution in [3.05, 3.63) is 23.5 Å². The number of hydrogen-bond acceptors (Lipinski definition) is 3. The Morgan fingerprint density at radius 2 is 2.08 bits per heavy atom. The fourth-order valence-electron chi connectivity index (χ4n) is 6.93. The number of Topliss-reactive ketones (excluding diaryl/α,β-unsaturated/α-hetero) is 1. The van der Waals surface area contributed by atoms with Crippen molar-refractivity contribution in [1.82, 2.24) is 0 Å². The Kier molecular flexibility index (Phi) is 2.88. The van der Waals surface area contributed by atoms with Crippen LogP contribution < -0.4 is 0 Å². The standard InChI is InChI=1S/C21H28O3/c1-19-8-6-14(23-3)10-13(19)4-5-15-16-7-9-21(12-24-21)20(16,2)11-17(22)18(15)19/h4,10,15-16,18H,5-9,11-12H2,1-3H3/t15-,16+,18-,19+,20-,21+/m0/s1. The maximum Gasteiger partial charge on any atom is 0.137 e. The van der Waals surface area contributed by atoms with Crippen molar-refractivity contribution in [3.63, 3.8) is 0 Å². The van der Waals surface area contributed by atoms with Crippen LogP contribution in [0.5, 0.6) is 0 Å². The van der Waals surface area contributed by atoms with Crippen LogP contribution in [0.15, 0.2) is 23.5 Å². The first-order chi connectivity index (χ1) is 11.4. The summed E-state index contributed by atoms with van der Waals surface area (Å²) in [7, 11) is 1.76. The number of allylic oxidation sites excluding steroid dienone is 4. The van der Waals surface area contributed by atoms with Crippen molar-refractivity contribution in [2.75, 3.05) is 13.7 Å². The summed E-state index contributed by atoms with van der Waals surface area (Å²) in [5, 5.41) is 0. The van der Waals surface area contributed by atoms with Crippen LogP contribution in [0.4, 0.5) is 0 Å². The summed E-state index contributed by atoms with van der Waals surface area (Å²) in [6.45, 7) is 5.55. The number of epoxide rings is 1. The molecule has 0 aromatic heterocycles. The topological polar surface area (TPSA) is 38.8 Å². The molecule has 6 atom stereocenters. The molecule has 24 heavy (non-hydrogen) atoms. The molecule has 2 saturated carbocycles. The van der Waals surface area contributed by atoms with Gasteiger partial charge in [0, 0.05) is 29.6 Å². The van der Waals surface area contributed by atoms with Crippen LogP contribution in [-0.2, 0) is 14.3 Å². The normalized spacial score (nSPS) is 52.1. The van der Waals surface area contributed by atoms with Gasteiger partial charge >= 0.3 is 0 Å². The molecule has 1 spiro atoms. The second kappa shape index (κ2) is 4.55. The van der Waals surface area contributed by atoms with Crippen LogP contribution in [0.1, 0.15) is 52.4 Å². The molecule has 130 valence electrons. The van der Waals surface area contributed by atoms with E-state index < -0.39 is 0 Å². The van der Waals surface area contributed by atoms with Gasteiger partial charge in [-0.1, -0.05) is 19.9 Å². The number of ether oxygens (including phenoxy) is 2. The summed E-state index contributed by atoms with van der Waals surface area (Å²) < 4.78 is 11.4. The summed E-state index contributed by atoms with van der Waals surface area (Å²) >= 11 is 0. The van der Waals surface area contributed by atoms with E-state index in [0.29, 0.717) is 17.6 Å². The largest absolute Gasteiger partial charge is 0.501 e. The van der Waals surface area contributed by atoms with Gasteiger partial charge in [0.1, 0.15) is 5.78 Å². The third-order valence-corrected chi connectivity index (χ3v) is 8.47. The Balaban J connectivity index is 1.57. The number of hydrogen-bond donors (Lipinski definition) is 0. The zero-order chi connectivity index (χ0) is 16.7. The van der Waals surface area contributed by atoms with E-state index in [0.717, 1.165) is 44.5 Å². The van der Waals surface area contributed by atoms with Gasteiger partial charge in [-0.3, -0.25) is 4.79 Å². The minimum Gasteiger partial charge on any atom is -0.501 e. The first kappa shape index (κ1) is 15.2. The zero-order valence-corrected chi connectivity index (χ0v) is 15.1. The lowest BCUT2D eigenvalue weighted by Crippen LogP contribution is -2.55. The second-order valence-electron chi connectivity index (χ2n) is 9.26. The molecule has 0 N–H and O–H groups in total. The lowest BCUT2D eigenvalue weighted by Gasteiger charge is -2.55. The Morgan fingerprint density at radius 3 is 2.79 bits per heavy atom. The van der Waals surface area contributed by atoms with Gasteiger partial charge in [0.2, 0.25) is 0 Å². The van der Waals surface area contributed by atoms with E-state index in [2.05, 4.69) is 26.0 Å². The molecule has 3 fully saturated rings. The maximum absolute atomic E-state index is 13.4. The van der Waals surface area contributed by atoms with Gasteiger partial charge in [0.15, 0.2) is 0 Å². The number of fused-ring (bicyclic) bond motifs is 6. The number of methoxy groups -OCH3 is 1. The highest BCUT2D eigenvalue weighted by molar-refractivity contribution is 5.85. The van der Waals surface area contributed by atoms with Crippen molar-refractivity contribution < 1.29 is 14.3 Å². The molecule has 0 aromatic rings. The van der Waals surface area contributed by atoms with Crippen molar-refractivity contribution in [2.45, 2.75) is 58.0 Å². The summed E-state index contributed by atoms with van der Waals surface area (Å²) in [6, 6.07) is 0. The van der Waals surface area contributed by atoms with E-state index in [1.54, 1.807) is 7.11 Å². The van der Waals surface area contributed by atoms with Crippen molar-refractivity contribution >= 4 is 5.78 Å². The number of ketones is 1. The number of carbonyl (C=O) groups is 1. The van der Waals surface area contributed by atoms with Gasteiger partial charge in [0.25, 0.3) is 0 Å². The van der Waals surface area contributed by atoms with E-state index >= 15 is 0 Å². The molecule has 1 heterocycles. The van der Waals surface area contributed by atoms with E-state index in [-0.39, 0.29) is 22.3 Å². The maximum atomic E-state index is 13.4. The quantitative estimate of drug-likeness (QED) is 0.682. The highest BCUT2D eigenvalue weighted by atomic mass is 16.6. The fourth-order valence-corrected chi connectivity index (χ4v) is 6.93. The van der Waals surface area contributed by atoms with Crippen LogP contribution in [0.3, 0.4) is 0 Å². The Labute approximate surface area is 144 Å². The summed E-state index contributed by atoms with van der Waals surface area (Å²) in [5.74, 6) is 2.91. The third-order valence-electron chi connectivity index (χ3n) is 8.47. The summed E-state index contributed by atoms with van der Waals surface area (Å²) in [6.07, 6.45) is 10.8. The van der Waals surface area contributed by atoms with Gasteiger partial charge in [-0.2, -0.15) is 0 Å². The van der Waals surface area contributed by atoms with Crippen molar-refractivity contribution in [3.8, 4) is 0 Å². The van der Waals surface area contributed by atoms with E-state index in [1.165, 1.54) is 12.0 Å². The minimum absolute atomic E-state index is 0.00349. The molecule has 0 radical (unpaired) electrons. The number of rotatable bonds is 1. The average molecular weight is 328 g/mol. The van der Waals surface area contributed by atoms with Crippen LogP contribution in [0.25, 0.3) is 0 Å². The van der Waals surface area contributed by atoms with Crippen LogP contribution >= 0.6 is 0 Å². The van der Waals surface area contributed by atoms with Gasteiger partial charge in [-0.25, -0.2) is 0 Å². The molecule has 5 rings (SSSR count). The lowest BCUT2D eigenvalue weighted by atomic mass is 9.47. The second-order valence-corrected chi connectivity index (χ2v) is 9.26. The first-order valence-corrected chi connectivity index (χ1v) is 9.55. The van der Waals surface area contributed by atoms with Gasteiger partial charge in [0.05, 0.1) is 25.1 Å². The fraction of sp³-hybridized carbons (Fsp3) is 0.762. The molecular formula is C21H28O3. The minimum atomic E-state index is 0.00349. The van der Waals surface area contributed by atoms with Crippen molar-refractivity contribution in [2.24, 2.45) is 28.6 Å². The summed E-state index contributed by atoms with van der Waals surface area (Å²) in [5.41, 5.74) is 1.47. The van der Waals surface area contributed by atoms with Gasteiger partial charge in [-0.05, 0) is 49.2 Å². The van der Waals surface area contributed by atoms with E-state index in [4.69, 9.17) is 9.47 Å². The van der Waals surface area contributed by atoms with Crippen LogP contribution in [-0.4, -0.2) is 25.1 Å².